The average molecular weight is 348 g/mol. The number of ether oxygens (including phenoxy) is 1. The monoisotopic (exact) mass is 348 g/mol. The number of hydrogen-bond donors (Lipinski definition) is 1. The van der Waals surface area contributed by atoms with Crippen molar-refractivity contribution in [3.8, 4) is 5.75 Å². The summed E-state index contributed by atoms with van der Waals surface area (Å²) in [6.07, 6.45) is 1.59. The fourth-order valence-electron chi connectivity index (χ4n) is 3.09. The molecule has 0 amide bonds. The number of β-amino-alcohol motifs (C(OH)–C–C–N with tert-alkyl or cyclic N) is 1. The first kappa shape index (κ1) is 16.9. The van der Waals surface area contributed by atoms with Gasteiger partial charge in [-0.25, -0.2) is 0 Å². The number of likely N-dealkylation sites (tertiary alicyclic amines) is 1. The van der Waals surface area contributed by atoms with E-state index in [4.69, 9.17) is 4.74 Å². The lowest BCUT2D eigenvalue weighted by molar-refractivity contribution is -0.384. The van der Waals surface area contributed by atoms with Gasteiger partial charge in [-0.15, -0.1) is 0 Å². The zero-order valence-corrected chi connectivity index (χ0v) is 14.0. The Hall–Kier alpha value is -1.96. The first-order chi connectivity index (χ1) is 11.6. The maximum atomic E-state index is 10.8. The van der Waals surface area contributed by atoms with E-state index in [1.807, 2.05) is 0 Å². The van der Waals surface area contributed by atoms with Crippen molar-refractivity contribution in [3.63, 3.8) is 0 Å². The molecule has 7 heteroatoms. The molecule has 0 saturated carbocycles. The minimum Gasteiger partial charge on any atom is -0.491 e. The van der Waals surface area contributed by atoms with E-state index in [0.29, 0.717) is 18.3 Å². The van der Waals surface area contributed by atoms with E-state index >= 15 is 0 Å². The molecule has 24 heavy (non-hydrogen) atoms. The quantitative estimate of drug-likeness (QED) is 0.614. The molecule has 2 heterocycles. The van der Waals surface area contributed by atoms with Crippen molar-refractivity contribution in [2.24, 2.45) is 0 Å². The molecule has 0 spiro atoms. The number of hydrogen-bond acceptors (Lipinski definition) is 6. The van der Waals surface area contributed by atoms with E-state index in [1.54, 1.807) is 23.5 Å². The van der Waals surface area contributed by atoms with Crippen LogP contribution in [-0.4, -0.2) is 40.7 Å². The van der Waals surface area contributed by atoms with Crippen molar-refractivity contribution in [1.82, 2.24) is 4.90 Å². The SMILES string of the molecule is O=[N+]([O-])c1cccc(OC[C@H](O)CN2CCC[C@H]2c2ccsc2)c1. The number of nitro benzene ring substituents is 1. The van der Waals surface area contributed by atoms with Crippen LogP contribution in [0.25, 0.3) is 0 Å². The van der Waals surface area contributed by atoms with Crippen LogP contribution >= 0.6 is 11.3 Å². The number of rotatable bonds is 7. The van der Waals surface area contributed by atoms with E-state index < -0.39 is 11.0 Å². The van der Waals surface area contributed by atoms with Gasteiger partial charge < -0.3 is 9.84 Å². The van der Waals surface area contributed by atoms with Gasteiger partial charge in [0, 0.05) is 18.7 Å². The molecule has 1 N–H and O–H groups in total. The molecule has 0 unspecified atom stereocenters. The van der Waals surface area contributed by atoms with E-state index in [9.17, 15) is 15.2 Å². The van der Waals surface area contributed by atoms with E-state index in [0.717, 1.165) is 19.4 Å². The van der Waals surface area contributed by atoms with Gasteiger partial charge in [0.05, 0.1) is 11.0 Å². The predicted molar refractivity (Wildman–Crippen MR) is 92.5 cm³/mol. The van der Waals surface area contributed by atoms with Crippen molar-refractivity contribution >= 4 is 17.0 Å². The summed E-state index contributed by atoms with van der Waals surface area (Å²) in [6.45, 7) is 1.62. The standard InChI is InChI=1S/C17H20N2O4S/c20-15(11-23-16-4-1-3-14(9-16)19(21)22)10-18-7-2-5-17(18)13-6-8-24-12-13/h1,3-4,6,8-9,12,15,17,20H,2,5,7,10-11H2/t15-,17+/m1/s1. The Bertz CT molecular complexity index is 677. The summed E-state index contributed by atoms with van der Waals surface area (Å²) in [5.74, 6) is 0.402. The minimum absolute atomic E-state index is 0.0148. The van der Waals surface area contributed by atoms with Crippen LogP contribution in [0.1, 0.15) is 24.4 Å². The van der Waals surface area contributed by atoms with Gasteiger partial charge in [0.25, 0.3) is 5.69 Å². The van der Waals surface area contributed by atoms with Gasteiger partial charge in [0.2, 0.25) is 0 Å². The Labute approximate surface area is 144 Å². The third-order valence-corrected chi connectivity index (χ3v) is 4.91. The highest BCUT2D eigenvalue weighted by molar-refractivity contribution is 7.07. The van der Waals surface area contributed by atoms with E-state index in [1.165, 1.54) is 17.7 Å². The van der Waals surface area contributed by atoms with Crippen LogP contribution in [0.2, 0.25) is 0 Å². The summed E-state index contributed by atoms with van der Waals surface area (Å²) < 4.78 is 5.52. The molecule has 1 aliphatic rings. The summed E-state index contributed by atoms with van der Waals surface area (Å²) in [4.78, 5) is 12.6. The summed E-state index contributed by atoms with van der Waals surface area (Å²) >= 11 is 1.69. The molecular formula is C17H20N2O4S. The molecule has 0 bridgehead atoms. The minimum atomic E-state index is -0.636. The molecule has 1 aromatic carbocycles. The van der Waals surface area contributed by atoms with Gasteiger partial charge in [-0.3, -0.25) is 15.0 Å². The van der Waals surface area contributed by atoms with Gasteiger partial charge in [-0.1, -0.05) is 6.07 Å². The normalized spacial score (nSPS) is 19.3. The molecule has 1 aliphatic heterocycles. The van der Waals surface area contributed by atoms with Crippen LogP contribution in [0.15, 0.2) is 41.1 Å². The summed E-state index contributed by atoms with van der Waals surface area (Å²) in [5.41, 5.74) is 1.29. The summed E-state index contributed by atoms with van der Waals surface area (Å²) in [5, 5.41) is 25.3. The van der Waals surface area contributed by atoms with Crippen LogP contribution in [0.4, 0.5) is 5.69 Å². The maximum absolute atomic E-state index is 10.8. The maximum Gasteiger partial charge on any atom is 0.273 e. The van der Waals surface area contributed by atoms with E-state index in [-0.39, 0.29) is 12.3 Å². The Morgan fingerprint density at radius 1 is 1.46 bits per heavy atom. The number of benzene rings is 1. The molecular weight excluding hydrogens is 328 g/mol. The van der Waals surface area contributed by atoms with Crippen LogP contribution in [-0.2, 0) is 0 Å². The molecule has 1 saturated heterocycles. The number of aliphatic hydroxyl groups is 1. The highest BCUT2D eigenvalue weighted by atomic mass is 32.1. The lowest BCUT2D eigenvalue weighted by Crippen LogP contribution is -2.35. The van der Waals surface area contributed by atoms with E-state index in [2.05, 4.69) is 21.7 Å². The molecule has 2 aromatic rings. The molecule has 3 rings (SSSR count). The molecule has 0 aliphatic carbocycles. The number of thiophene rings is 1. The number of nitro groups is 1. The van der Waals surface area contributed by atoms with Crippen molar-refractivity contribution in [2.75, 3.05) is 19.7 Å². The fraction of sp³-hybridized carbons (Fsp3) is 0.412. The van der Waals surface area contributed by atoms with Crippen molar-refractivity contribution in [3.05, 3.63) is 56.8 Å². The predicted octanol–water partition coefficient (Wildman–Crippen LogP) is 3.23. The van der Waals surface area contributed by atoms with Gasteiger partial charge in [0.1, 0.15) is 18.5 Å². The van der Waals surface area contributed by atoms with Crippen molar-refractivity contribution < 1.29 is 14.8 Å². The van der Waals surface area contributed by atoms with Crippen molar-refractivity contribution in [1.29, 1.82) is 0 Å². The van der Waals surface area contributed by atoms with Crippen LogP contribution < -0.4 is 4.74 Å². The Kier molecular flexibility index (Phi) is 5.44. The zero-order valence-electron chi connectivity index (χ0n) is 13.2. The third-order valence-electron chi connectivity index (χ3n) is 4.21. The molecule has 2 atom stereocenters. The Balaban J connectivity index is 1.53. The van der Waals surface area contributed by atoms with Gasteiger partial charge in [-0.2, -0.15) is 11.3 Å². The Morgan fingerprint density at radius 2 is 2.33 bits per heavy atom. The Morgan fingerprint density at radius 3 is 3.08 bits per heavy atom. The lowest BCUT2D eigenvalue weighted by atomic mass is 10.1. The van der Waals surface area contributed by atoms with Crippen LogP contribution in [0.3, 0.4) is 0 Å². The molecule has 6 nitrogen and oxygen atoms in total. The molecule has 1 fully saturated rings. The summed E-state index contributed by atoms with van der Waals surface area (Å²) in [6, 6.07) is 8.52. The lowest BCUT2D eigenvalue weighted by Gasteiger charge is -2.26. The summed E-state index contributed by atoms with van der Waals surface area (Å²) in [7, 11) is 0. The second kappa shape index (κ2) is 7.74. The zero-order chi connectivity index (χ0) is 16.9. The molecule has 128 valence electrons. The first-order valence-corrected chi connectivity index (χ1v) is 8.89. The topological polar surface area (TPSA) is 75.8 Å². The largest absolute Gasteiger partial charge is 0.491 e. The highest BCUT2D eigenvalue weighted by Crippen LogP contribution is 2.33. The van der Waals surface area contributed by atoms with Crippen LogP contribution in [0, 0.1) is 10.1 Å². The second-order valence-electron chi connectivity index (χ2n) is 5.93. The van der Waals surface area contributed by atoms with Gasteiger partial charge in [-0.05, 0) is 47.8 Å². The smallest absolute Gasteiger partial charge is 0.273 e. The van der Waals surface area contributed by atoms with Gasteiger partial charge in [0.15, 0.2) is 0 Å². The van der Waals surface area contributed by atoms with Crippen LogP contribution in [0.5, 0.6) is 5.75 Å². The van der Waals surface area contributed by atoms with Crippen molar-refractivity contribution in [2.45, 2.75) is 25.0 Å². The first-order valence-electron chi connectivity index (χ1n) is 7.95. The molecule has 0 radical (unpaired) electrons. The highest BCUT2D eigenvalue weighted by Gasteiger charge is 2.27. The fourth-order valence-corrected chi connectivity index (χ4v) is 3.80. The number of non-ortho nitro benzene ring substituents is 1. The third kappa shape index (κ3) is 4.11. The van der Waals surface area contributed by atoms with Gasteiger partial charge >= 0.3 is 0 Å². The average Bonchev–Trinajstić information content (AvgIpc) is 3.24. The second-order valence-corrected chi connectivity index (χ2v) is 6.71. The number of aliphatic hydroxyl groups excluding tert-OH is 1. The number of nitrogens with zero attached hydrogens (tertiary/aromatic N) is 2. The molecule has 1 aromatic heterocycles.